The summed E-state index contributed by atoms with van der Waals surface area (Å²) in [5.41, 5.74) is 0.559. The Hall–Kier alpha value is -2.32. The summed E-state index contributed by atoms with van der Waals surface area (Å²) in [6.07, 6.45) is 0.929. The average Bonchev–Trinajstić information content (AvgIpc) is 3.12. The molecule has 2 saturated heterocycles. The molecule has 1 aromatic carbocycles. The van der Waals surface area contributed by atoms with Gasteiger partial charge in [-0.1, -0.05) is 0 Å². The Labute approximate surface area is 158 Å². The number of fused-ring (bicyclic) bond motifs is 1. The van der Waals surface area contributed by atoms with Crippen molar-refractivity contribution in [1.29, 1.82) is 0 Å². The molecule has 4 rings (SSSR count). The third-order valence-electron chi connectivity index (χ3n) is 5.21. The van der Waals surface area contributed by atoms with E-state index < -0.39 is 0 Å². The minimum absolute atomic E-state index is 0.0340. The number of hydrogen-bond acceptors (Lipinski definition) is 6. The lowest BCUT2D eigenvalue weighted by atomic mass is 9.97. The molecule has 3 aliphatic heterocycles. The molecule has 8 nitrogen and oxygen atoms in total. The minimum atomic E-state index is -0.119. The van der Waals surface area contributed by atoms with Crippen LogP contribution in [0.2, 0.25) is 0 Å². The molecular weight excluding hydrogens is 350 g/mol. The standard InChI is InChI=1S/C19H25N3O5/c23-18(20-4-1-5-21-6-8-25-9-7-21)15-11-22(12-15)19(24)14-2-3-16-17(10-14)27-13-26-16/h2-3,10,15H,1,4-9,11-13H2,(H,20,23). The highest BCUT2D eigenvalue weighted by Gasteiger charge is 2.36. The van der Waals surface area contributed by atoms with Gasteiger partial charge < -0.3 is 24.4 Å². The molecule has 0 atom stereocenters. The molecule has 0 saturated carbocycles. The second kappa shape index (κ2) is 8.14. The number of nitrogens with zero attached hydrogens (tertiary/aromatic N) is 2. The molecule has 8 heteroatoms. The van der Waals surface area contributed by atoms with Crippen molar-refractivity contribution in [3.05, 3.63) is 23.8 Å². The fourth-order valence-electron chi connectivity index (χ4n) is 3.51. The van der Waals surface area contributed by atoms with E-state index >= 15 is 0 Å². The molecule has 3 heterocycles. The normalized spacial score (nSPS) is 19.6. The van der Waals surface area contributed by atoms with Crippen molar-refractivity contribution in [2.45, 2.75) is 6.42 Å². The van der Waals surface area contributed by atoms with Gasteiger partial charge in [-0.05, 0) is 31.2 Å². The molecule has 27 heavy (non-hydrogen) atoms. The number of ether oxygens (including phenoxy) is 3. The van der Waals surface area contributed by atoms with E-state index in [1.807, 2.05) is 0 Å². The average molecular weight is 375 g/mol. The number of amides is 2. The van der Waals surface area contributed by atoms with Crippen molar-refractivity contribution in [3.63, 3.8) is 0 Å². The lowest BCUT2D eigenvalue weighted by Crippen LogP contribution is -2.55. The number of likely N-dealkylation sites (tertiary alicyclic amines) is 1. The van der Waals surface area contributed by atoms with Crippen LogP contribution < -0.4 is 14.8 Å². The van der Waals surface area contributed by atoms with Gasteiger partial charge in [0.2, 0.25) is 12.7 Å². The zero-order valence-corrected chi connectivity index (χ0v) is 15.3. The zero-order chi connectivity index (χ0) is 18.6. The van der Waals surface area contributed by atoms with Gasteiger partial charge in [0.05, 0.1) is 19.1 Å². The number of carbonyl (C=O) groups excluding carboxylic acids is 2. The lowest BCUT2D eigenvalue weighted by molar-refractivity contribution is -0.129. The van der Waals surface area contributed by atoms with Gasteiger partial charge in [0.25, 0.3) is 5.91 Å². The van der Waals surface area contributed by atoms with Crippen LogP contribution >= 0.6 is 0 Å². The summed E-state index contributed by atoms with van der Waals surface area (Å²) in [7, 11) is 0. The van der Waals surface area contributed by atoms with E-state index in [0.29, 0.717) is 36.7 Å². The Kier molecular flexibility index (Phi) is 5.45. The Morgan fingerprint density at radius 1 is 1.11 bits per heavy atom. The molecule has 2 amide bonds. The topological polar surface area (TPSA) is 80.3 Å². The molecule has 0 unspecified atom stereocenters. The first kappa shape index (κ1) is 18.1. The summed E-state index contributed by atoms with van der Waals surface area (Å²) >= 11 is 0. The summed E-state index contributed by atoms with van der Waals surface area (Å²) in [5, 5.41) is 2.99. The number of carbonyl (C=O) groups is 2. The first-order valence-electron chi connectivity index (χ1n) is 9.47. The van der Waals surface area contributed by atoms with E-state index in [4.69, 9.17) is 14.2 Å². The first-order valence-corrected chi connectivity index (χ1v) is 9.47. The van der Waals surface area contributed by atoms with Crippen molar-refractivity contribution < 1.29 is 23.8 Å². The number of hydrogen-bond donors (Lipinski definition) is 1. The van der Waals surface area contributed by atoms with Crippen LogP contribution in [0, 0.1) is 5.92 Å². The summed E-state index contributed by atoms with van der Waals surface area (Å²) < 4.78 is 15.9. The zero-order valence-electron chi connectivity index (χ0n) is 15.3. The van der Waals surface area contributed by atoms with Gasteiger partial charge in [-0.2, -0.15) is 0 Å². The Bertz CT molecular complexity index is 699. The second-order valence-electron chi connectivity index (χ2n) is 7.07. The lowest BCUT2D eigenvalue weighted by Gasteiger charge is -2.38. The van der Waals surface area contributed by atoms with Crippen LogP contribution in [-0.2, 0) is 9.53 Å². The van der Waals surface area contributed by atoms with Crippen molar-refractivity contribution in [3.8, 4) is 11.5 Å². The predicted octanol–water partition coefficient (Wildman–Crippen LogP) is 0.326. The minimum Gasteiger partial charge on any atom is -0.454 e. The third kappa shape index (κ3) is 4.17. The maximum absolute atomic E-state index is 12.5. The predicted molar refractivity (Wildman–Crippen MR) is 96.8 cm³/mol. The van der Waals surface area contributed by atoms with Gasteiger partial charge in [0.1, 0.15) is 0 Å². The van der Waals surface area contributed by atoms with Crippen molar-refractivity contribution >= 4 is 11.8 Å². The molecule has 0 aliphatic carbocycles. The van der Waals surface area contributed by atoms with Gasteiger partial charge in [0.15, 0.2) is 11.5 Å². The molecule has 0 radical (unpaired) electrons. The van der Waals surface area contributed by atoms with E-state index in [9.17, 15) is 9.59 Å². The van der Waals surface area contributed by atoms with Gasteiger partial charge in [-0.25, -0.2) is 0 Å². The SMILES string of the molecule is O=C(NCCCN1CCOCC1)C1CN(C(=O)c2ccc3c(c2)OCO3)C1. The quantitative estimate of drug-likeness (QED) is 0.722. The molecule has 0 spiro atoms. The summed E-state index contributed by atoms with van der Waals surface area (Å²) in [5.74, 6) is 1.09. The molecule has 1 aromatic rings. The molecule has 1 N–H and O–H groups in total. The number of nitrogens with one attached hydrogen (secondary N) is 1. The molecular formula is C19H25N3O5. The maximum Gasteiger partial charge on any atom is 0.254 e. The van der Waals surface area contributed by atoms with Crippen LogP contribution in [0.1, 0.15) is 16.8 Å². The van der Waals surface area contributed by atoms with Crippen LogP contribution in [0.15, 0.2) is 18.2 Å². The van der Waals surface area contributed by atoms with Gasteiger partial charge in [-0.15, -0.1) is 0 Å². The molecule has 3 aliphatic rings. The largest absolute Gasteiger partial charge is 0.454 e. The Balaban J connectivity index is 1.16. The highest BCUT2D eigenvalue weighted by Crippen LogP contribution is 2.33. The van der Waals surface area contributed by atoms with E-state index in [2.05, 4.69) is 10.2 Å². The Morgan fingerprint density at radius 3 is 2.70 bits per heavy atom. The fourth-order valence-corrected chi connectivity index (χ4v) is 3.51. The fraction of sp³-hybridized carbons (Fsp3) is 0.579. The van der Waals surface area contributed by atoms with Crippen LogP contribution in [0.4, 0.5) is 0 Å². The van der Waals surface area contributed by atoms with E-state index in [1.54, 1.807) is 23.1 Å². The van der Waals surface area contributed by atoms with Gasteiger partial charge in [-0.3, -0.25) is 14.5 Å². The van der Waals surface area contributed by atoms with Crippen molar-refractivity contribution in [2.24, 2.45) is 5.92 Å². The maximum atomic E-state index is 12.5. The molecule has 0 bridgehead atoms. The monoisotopic (exact) mass is 375 g/mol. The highest BCUT2D eigenvalue weighted by molar-refractivity contribution is 5.96. The van der Waals surface area contributed by atoms with E-state index in [0.717, 1.165) is 39.3 Å². The second-order valence-corrected chi connectivity index (χ2v) is 7.07. The van der Waals surface area contributed by atoms with Crippen LogP contribution in [0.5, 0.6) is 11.5 Å². The molecule has 0 aromatic heterocycles. The van der Waals surface area contributed by atoms with E-state index in [1.165, 1.54) is 0 Å². The van der Waals surface area contributed by atoms with Crippen LogP contribution in [0.3, 0.4) is 0 Å². The third-order valence-corrected chi connectivity index (χ3v) is 5.21. The number of benzene rings is 1. The van der Waals surface area contributed by atoms with Crippen molar-refractivity contribution in [1.82, 2.24) is 15.1 Å². The smallest absolute Gasteiger partial charge is 0.254 e. The van der Waals surface area contributed by atoms with E-state index in [-0.39, 0.29) is 24.5 Å². The highest BCUT2D eigenvalue weighted by atomic mass is 16.7. The van der Waals surface area contributed by atoms with Gasteiger partial charge in [0, 0.05) is 38.3 Å². The number of rotatable bonds is 6. The molecule has 146 valence electrons. The summed E-state index contributed by atoms with van der Waals surface area (Å²) in [6, 6.07) is 5.17. The molecule has 2 fully saturated rings. The summed E-state index contributed by atoms with van der Waals surface area (Å²) in [4.78, 5) is 28.8. The van der Waals surface area contributed by atoms with Crippen LogP contribution in [-0.4, -0.2) is 80.9 Å². The van der Waals surface area contributed by atoms with Crippen molar-refractivity contribution in [2.75, 3.05) is 59.3 Å². The number of morpholine rings is 1. The Morgan fingerprint density at radius 2 is 1.89 bits per heavy atom. The van der Waals surface area contributed by atoms with Gasteiger partial charge >= 0.3 is 0 Å². The summed E-state index contributed by atoms with van der Waals surface area (Å²) in [6.45, 7) is 6.27. The van der Waals surface area contributed by atoms with Crippen LogP contribution in [0.25, 0.3) is 0 Å². The first-order chi connectivity index (χ1) is 13.2.